The minimum atomic E-state index is -3.09. The van der Waals surface area contributed by atoms with E-state index in [1.54, 1.807) is 24.3 Å². The van der Waals surface area contributed by atoms with E-state index in [4.69, 9.17) is 11.6 Å². The molecule has 5 atom stereocenters. The molecule has 0 aromatic heterocycles. The van der Waals surface area contributed by atoms with E-state index in [1.165, 1.54) is 4.90 Å². The van der Waals surface area contributed by atoms with E-state index in [2.05, 4.69) is 16.0 Å². The molecular weight excluding hydrogens is 504 g/mol. The third-order valence-corrected chi connectivity index (χ3v) is 8.43. The second kappa shape index (κ2) is 9.75. The van der Waals surface area contributed by atoms with Crippen LogP contribution in [-0.2, 0) is 14.4 Å². The predicted octanol–water partition coefficient (Wildman–Crippen LogP) is 3.22. The molecule has 5 aliphatic rings. The number of amides is 3. The molecule has 37 heavy (non-hydrogen) atoms. The average molecular weight is 534 g/mol. The summed E-state index contributed by atoms with van der Waals surface area (Å²) in [6.45, 7) is 0.571. The smallest absolute Gasteiger partial charge is 0.255 e. The number of hydrogen-bond donors (Lipinski definition) is 3. The van der Waals surface area contributed by atoms with Gasteiger partial charge >= 0.3 is 0 Å². The first kappa shape index (κ1) is 25.7. The lowest BCUT2D eigenvalue weighted by Gasteiger charge is -2.54. The maximum atomic E-state index is 15.0. The van der Waals surface area contributed by atoms with E-state index >= 15 is 8.78 Å². The quantitative estimate of drug-likeness (QED) is 0.498. The first-order valence-corrected chi connectivity index (χ1v) is 13.2. The minimum Gasteiger partial charge on any atom is -0.371 e. The molecule has 3 N–H and O–H groups in total. The van der Waals surface area contributed by atoms with Crippen LogP contribution in [0, 0.1) is 23.2 Å². The Morgan fingerprint density at radius 1 is 1.27 bits per heavy atom. The van der Waals surface area contributed by atoms with Gasteiger partial charge in [-0.15, -0.1) is 0 Å². The summed E-state index contributed by atoms with van der Waals surface area (Å²) in [7, 11) is 0. The highest BCUT2D eigenvalue weighted by molar-refractivity contribution is 6.30. The second-order valence-corrected chi connectivity index (χ2v) is 11.2. The standard InChI is InChI=1S/C26H30ClF2N5O3/c27-16-4-1-5-17(12-16)33-25(8-9-25)24(37)34-19-6-7-20(26(28,29)13-19)21(34)23(36)32-18(14-30)11-15-3-2-10-31-22(15)35/h1,4-5,12,15,18-21,33H,2-3,6-11,13H2,(H,31,35)(H,32,36)/t15-,18+,19-,20-,21-/m1/s1. The highest BCUT2D eigenvalue weighted by Gasteiger charge is 2.64. The van der Waals surface area contributed by atoms with Crippen LogP contribution in [-0.4, -0.2) is 58.8 Å². The Balaban J connectivity index is 1.37. The van der Waals surface area contributed by atoms with Gasteiger partial charge in [0.15, 0.2) is 0 Å². The molecule has 0 spiro atoms. The Labute approximate surface area is 219 Å². The van der Waals surface area contributed by atoms with Crippen molar-refractivity contribution >= 4 is 35.0 Å². The monoisotopic (exact) mass is 533 g/mol. The van der Waals surface area contributed by atoms with E-state index in [0.29, 0.717) is 42.9 Å². The fourth-order valence-corrected chi connectivity index (χ4v) is 6.34. The molecule has 5 fully saturated rings. The molecule has 2 aliphatic carbocycles. The molecule has 8 nitrogen and oxygen atoms in total. The number of nitrogens with one attached hydrogen (secondary N) is 3. The SMILES string of the molecule is N#C[C@H](C[C@H]1CCCNC1=O)NC(=O)[C@H]1[C@H]2CC[C@H](CC2(F)F)N1C(=O)C1(Nc2cccc(Cl)c2)CC1. The maximum absolute atomic E-state index is 15.0. The van der Waals surface area contributed by atoms with Gasteiger partial charge in [-0.05, 0) is 63.1 Å². The zero-order valence-electron chi connectivity index (χ0n) is 20.3. The van der Waals surface area contributed by atoms with Gasteiger partial charge < -0.3 is 20.9 Å². The topological polar surface area (TPSA) is 114 Å². The van der Waals surface area contributed by atoms with Crippen molar-refractivity contribution in [3.05, 3.63) is 29.3 Å². The van der Waals surface area contributed by atoms with Gasteiger partial charge in [-0.3, -0.25) is 14.4 Å². The number of hydrogen-bond acceptors (Lipinski definition) is 5. The number of piperidine rings is 3. The van der Waals surface area contributed by atoms with Crippen molar-refractivity contribution in [2.45, 2.75) is 81.0 Å². The van der Waals surface area contributed by atoms with Crippen LogP contribution in [0.15, 0.2) is 24.3 Å². The normalized spacial score (nSPS) is 30.0. The molecule has 3 aliphatic heterocycles. The lowest BCUT2D eigenvalue weighted by Crippen LogP contribution is -2.70. The van der Waals surface area contributed by atoms with Crippen molar-refractivity contribution < 1.29 is 23.2 Å². The van der Waals surface area contributed by atoms with Crippen molar-refractivity contribution in [3.8, 4) is 6.07 Å². The van der Waals surface area contributed by atoms with Gasteiger partial charge in [0.25, 0.3) is 5.92 Å². The van der Waals surface area contributed by atoms with E-state index in [0.717, 1.165) is 6.42 Å². The van der Waals surface area contributed by atoms with Gasteiger partial charge in [-0.2, -0.15) is 5.26 Å². The van der Waals surface area contributed by atoms with Crippen molar-refractivity contribution in [1.29, 1.82) is 5.26 Å². The summed E-state index contributed by atoms with van der Waals surface area (Å²) in [6.07, 6.45) is 2.51. The first-order chi connectivity index (χ1) is 17.6. The molecule has 198 valence electrons. The molecule has 3 saturated heterocycles. The van der Waals surface area contributed by atoms with Crippen LogP contribution in [0.5, 0.6) is 0 Å². The van der Waals surface area contributed by atoms with Gasteiger partial charge in [0.1, 0.15) is 17.6 Å². The Hall–Kier alpha value is -2.93. The van der Waals surface area contributed by atoms with E-state index < -0.39 is 53.8 Å². The zero-order valence-corrected chi connectivity index (χ0v) is 21.1. The molecule has 0 unspecified atom stereocenters. The summed E-state index contributed by atoms with van der Waals surface area (Å²) in [5, 5.41) is 18.7. The van der Waals surface area contributed by atoms with Gasteiger partial charge in [0.2, 0.25) is 17.7 Å². The zero-order chi connectivity index (χ0) is 26.4. The molecule has 0 radical (unpaired) electrons. The lowest BCUT2D eigenvalue weighted by atomic mass is 9.71. The van der Waals surface area contributed by atoms with Crippen LogP contribution in [0.1, 0.15) is 51.4 Å². The number of alkyl halides is 2. The molecular formula is C26H30ClF2N5O3. The molecule has 6 rings (SSSR count). The Morgan fingerprint density at radius 3 is 2.70 bits per heavy atom. The van der Waals surface area contributed by atoms with Gasteiger partial charge in [0.05, 0.1) is 12.0 Å². The Kier molecular flexibility index (Phi) is 6.77. The number of carbonyl (C=O) groups is 3. The summed E-state index contributed by atoms with van der Waals surface area (Å²) in [6, 6.07) is 5.75. The van der Waals surface area contributed by atoms with Gasteiger partial charge in [0, 0.05) is 35.6 Å². The first-order valence-electron chi connectivity index (χ1n) is 12.9. The summed E-state index contributed by atoms with van der Waals surface area (Å²) in [4.78, 5) is 40.9. The van der Waals surface area contributed by atoms with Crippen molar-refractivity contribution in [1.82, 2.24) is 15.5 Å². The maximum Gasteiger partial charge on any atom is 0.255 e. The summed E-state index contributed by atoms with van der Waals surface area (Å²) >= 11 is 6.09. The van der Waals surface area contributed by atoms with Crippen LogP contribution in [0.2, 0.25) is 5.02 Å². The predicted molar refractivity (Wildman–Crippen MR) is 132 cm³/mol. The van der Waals surface area contributed by atoms with Crippen LogP contribution < -0.4 is 16.0 Å². The number of benzene rings is 1. The largest absolute Gasteiger partial charge is 0.371 e. The molecule has 2 bridgehead atoms. The van der Waals surface area contributed by atoms with Crippen LogP contribution >= 0.6 is 11.6 Å². The molecule has 3 amide bonds. The van der Waals surface area contributed by atoms with Crippen molar-refractivity contribution in [2.24, 2.45) is 11.8 Å². The molecule has 3 heterocycles. The Bertz CT molecular complexity index is 1140. The third-order valence-electron chi connectivity index (χ3n) is 8.20. The lowest BCUT2D eigenvalue weighted by molar-refractivity contribution is -0.195. The number of anilines is 1. The van der Waals surface area contributed by atoms with E-state index in [1.807, 2.05) is 6.07 Å². The second-order valence-electron chi connectivity index (χ2n) is 10.7. The molecule has 1 aromatic rings. The fraction of sp³-hybridized carbons (Fsp3) is 0.615. The average Bonchev–Trinajstić information content (AvgIpc) is 3.64. The van der Waals surface area contributed by atoms with Crippen molar-refractivity contribution in [3.63, 3.8) is 0 Å². The van der Waals surface area contributed by atoms with Crippen LogP contribution in [0.25, 0.3) is 0 Å². The minimum absolute atomic E-state index is 0.0967. The van der Waals surface area contributed by atoms with Gasteiger partial charge in [-0.25, -0.2) is 8.78 Å². The third kappa shape index (κ3) is 4.98. The highest BCUT2D eigenvalue weighted by atomic mass is 35.5. The molecule has 11 heteroatoms. The summed E-state index contributed by atoms with van der Waals surface area (Å²) in [5.74, 6) is -6.17. The number of rotatable bonds is 7. The van der Waals surface area contributed by atoms with Gasteiger partial charge in [-0.1, -0.05) is 17.7 Å². The number of nitriles is 1. The van der Waals surface area contributed by atoms with Crippen LogP contribution in [0.3, 0.4) is 0 Å². The van der Waals surface area contributed by atoms with E-state index in [-0.39, 0.29) is 24.7 Å². The summed E-state index contributed by atoms with van der Waals surface area (Å²) in [5.41, 5.74) is -0.340. The van der Waals surface area contributed by atoms with Crippen LogP contribution in [0.4, 0.5) is 14.5 Å². The number of carbonyl (C=O) groups excluding carboxylic acids is 3. The van der Waals surface area contributed by atoms with Crippen molar-refractivity contribution in [2.75, 3.05) is 11.9 Å². The number of halogens is 3. The molecule has 2 saturated carbocycles. The Morgan fingerprint density at radius 2 is 2.05 bits per heavy atom. The number of nitrogens with zero attached hydrogens (tertiary/aromatic N) is 2. The highest BCUT2D eigenvalue weighted by Crippen LogP contribution is 2.52. The number of fused-ring (bicyclic) bond motifs is 3. The summed E-state index contributed by atoms with van der Waals surface area (Å²) < 4.78 is 30.1. The van der Waals surface area contributed by atoms with E-state index in [9.17, 15) is 19.6 Å². The molecule has 1 aromatic carbocycles. The fourth-order valence-electron chi connectivity index (χ4n) is 6.15.